The van der Waals surface area contributed by atoms with Crippen LogP contribution in [0.2, 0.25) is 0 Å². The van der Waals surface area contributed by atoms with Crippen LogP contribution in [0.4, 0.5) is 0 Å². The largest absolute Gasteiger partial charge is 0.480 e. The highest BCUT2D eigenvalue weighted by molar-refractivity contribution is 5.79. The van der Waals surface area contributed by atoms with Crippen LogP contribution in [0.3, 0.4) is 0 Å². The van der Waals surface area contributed by atoms with Gasteiger partial charge in [-0.3, -0.25) is 14.5 Å². The van der Waals surface area contributed by atoms with E-state index in [4.69, 9.17) is 5.11 Å². The van der Waals surface area contributed by atoms with Crippen LogP contribution in [-0.4, -0.2) is 59.0 Å². The highest BCUT2D eigenvalue weighted by Crippen LogP contribution is 2.24. The second-order valence-electron chi connectivity index (χ2n) is 6.98. The summed E-state index contributed by atoms with van der Waals surface area (Å²) in [6.07, 6.45) is 5.51. The summed E-state index contributed by atoms with van der Waals surface area (Å²) in [6.45, 7) is 6.24. The maximum atomic E-state index is 12.5. The Morgan fingerprint density at radius 1 is 1.10 bits per heavy atom. The van der Waals surface area contributed by atoms with Crippen LogP contribution < -0.4 is 0 Å². The molecular weight excluding hydrogens is 268 g/mol. The fourth-order valence-electron chi connectivity index (χ4n) is 3.90. The van der Waals surface area contributed by atoms with Crippen molar-refractivity contribution in [3.8, 4) is 0 Å². The number of piperidine rings is 1. The molecule has 0 aromatic heterocycles. The number of hydrogen-bond acceptors (Lipinski definition) is 3. The Labute approximate surface area is 127 Å². The first kappa shape index (κ1) is 16.3. The molecular formula is C16H28N2O3. The minimum atomic E-state index is -0.838. The fourth-order valence-corrected chi connectivity index (χ4v) is 3.90. The number of likely N-dealkylation sites (tertiary alicyclic amines) is 1. The van der Waals surface area contributed by atoms with E-state index in [0.717, 1.165) is 38.8 Å². The number of amides is 1. The molecule has 1 saturated heterocycles. The lowest BCUT2D eigenvalue weighted by atomic mass is 9.92. The second-order valence-corrected chi connectivity index (χ2v) is 6.98. The van der Waals surface area contributed by atoms with Gasteiger partial charge in [0.15, 0.2) is 0 Å². The first-order chi connectivity index (χ1) is 9.95. The molecule has 21 heavy (non-hydrogen) atoms. The molecule has 0 aromatic rings. The third kappa shape index (κ3) is 4.70. The zero-order valence-electron chi connectivity index (χ0n) is 13.3. The third-order valence-corrected chi connectivity index (χ3v) is 4.74. The second kappa shape index (κ2) is 7.25. The predicted molar refractivity (Wildman–Crippen MR) is 81.0 cm³/mol. The lowest BCUT2D eigenvalue weighted by molar-refractivity contribution is -0.141. The van der Waals surface area contributed by atoms with Crippen LogP contribution in [0.5, 0.6) is 0 Å². The van der Waals surface area contributed by atoms with Crippen LogP contribution in [-0.2, 0) is 9.59 Å². The minimum Gasteiger partial charge on any atom is -0.480 e. The van der Waals surface area contributed by atoms with Crippen LogP contribution >= 0.6 is 0 Å². The van der Waals surface area contributed by atoms with E-state index in [0.29, 0.717) is 11.8 Å². The first-order valence-electron chi connectivity index (χ1n) is 8.19. The number of hydrogen-bond donors (Lipinski definition) is 1. The molecule has 2 aliphatic rings. The average Bonchev–Trinajstić information content (AvgIpc) is 2.89. The number of carbonyl (C=O) groups excluding carboxylic acids is 1. The maximum absolute atomic E-state index is 12.5. The minimum absolute atomic E-state index is 0.0185. The highest BCUT2D eigenvalue weighted by Gasteiger charge is 2.30. The quantitative estimate of drug-likeness (QED) is 0.840. The molecule has 0 bridgehead atoms. The Morgan fingerprint density at radius 2 is 1.67 bits per heavy atom. The van der Waals surface area contributed by atoms with Crippen LogP contribution in [0.15, 0.2) is 0 Å². The van der Waals surface area contributed by atoms with Gasteiger partial charge in [-0.05, 0) is 31.1 Å². The van der Waals surface area contributed by atoms with E-state index in [1.165, 1.54) is 6.42 Å². The van der Waals surface area contributed by atoms with Gasteiger partial charge >= 0.3 is 5.97 Å². The van der Waals surface area contributed by atoms with E-state index in [1.807, 2.05) is 9.80 Å². The Morgan fingerprint density at radius 3 is 2.19 bits per heavy atom. The van der Waals surface area contributed by atoms with Crippen molar-refractivity contribution in [2.24, 2.45) is 11.8 Å². The van der Waals surface area contributed by atoms with E-state index in [9.17, 15) is 9.59 Å². The number of carboxylic acids is 1. The zero-order valence-corrected chi connectivity index (χ0v) is 13.3. The highest BCUT2D eigenvalue weighted by atomic mass is 16.4. The van der Waals surface area contributed by atoms with Gasteiger partial charge in [-0.2, -0.15) is 0 Å². The molecule has 1 amide bonds. The van der Waals surface area contributed by atoms with Gasteiger partial charge in [0, 0.05) is 19.1 Å². The summed E-state index contributed by atoms with van der Waals surface area (Å²) in [5.41, 5.74) is 0. The van der Waals surface area contributed by atoms with Gasteiger partial charge in [0.2, 0.25) is 5.91 Å². The van der Waals surface area contributed by atoms with Crippen molar-refractivity contribution in [3.63, 3.8) is 0 Å². The molecule has 1 saturated carbocycles. The molecule has 2 atom stereocenters. The summed E-state index contributed by atoms with van der Waals surface area (Å²) in [4.78, 5) is 27.4. The number of aliphatic carboxylic acids is 1. The SMILES string of the molecule is CC1CC(C)CN(C(=O)CN(CC(=O)O)C2CCCC2)C1. The monoisotopic (exact) mass is 296 g/mol. The average molecular weight is 296 g/mol. The summed E-state index contributed by atoms with van der Waals surface area (Å²) < 4.78 is 0. The molecule has 120 valence electrons. The molecule has 0 radical (unpaired) electrons. The third-order valence-electron chi connectivity index (χ3n) is 4.74. The van der Waals surface area contributed by atoms with Crippen molar-refractivity contribution in [3.05, 3.63) is 0 Å². The van der Waals surface area contributed by atoms with E-state index in [1.54, 1.807) is 0 Å². The van der Waals surface area contributed by atoms with Crippen LogP contribution in [0, 0.1) is 11.8 Å². The molecule has 5 heteroatoms. The zero-order chi connectivity index (χ0) is 15.4. The number of nitrogens with zero attached hydrogens (tertiary/aromatic N) is 2. The van der Waals surface area contributed by atoms with Crippen molar-refractivity contribution in [2.45, 2.75) is 52.0 Å². The van der Waals surface area contributed by atoms with E-state index < -0.39 is 5.97 Å². The van der Waals surface area contributed by atoms with Gasteiger partial charge in [-0.1, -0.05) is 26.7 Å². The van der Waals surface area contributed by atoms with Crippen molar-refractivity contribution >= 4 is 11.9 Å². The van der Waals surface area contributed by atoms with Crippen molar-refractivity contribution in [2.75, 3.05) is 26.2 Å². The molecule has 2 unspecified atom stereocenters. The Kier molecular flexibility index (Phi) is 5.62. The van der Waals surface area contributed by atoms with E-state index in [2.05, 4.69) is 13.8 Å². The smallest absolute Gasteiger partial charge is 0.317 e. The van der Waals surface area contributed by atoms with Gasteiger partial charge in [0.1, 0.15) is 0 Å². The predicted octanol–water partition coefficient (Wildman–Crippen LogP) is 1.82. The molecule has 1 aliphatic carbocycles. The summed E-state index contributed by atoms with van der Waals surface area (Å²) in [7, 11) is 0. The number of carboxylic acid groups (broad SMARTS) is 1. The molecule has 1 N–H and O–H groups in total. The molecule has 0 spiro atoms. The topological polar surface area (TPSA) is 60.9 Å². The normalized spacial score (nSPS) is 27.3. The maximum Gasteiger partial charge on any atom is 0.317 e. The summed E-state index contributed by atoms with van der Waals surface area (Å²) in [5.74, 6) is 0.339. The molecule has 1 heterocycles. The molecule has 2 rings (SSSR count). The van der Waals surface area contributed by atoms with Crippen molar-refractivity contribution in [1.82, 2.24) is 9.80 Å². The Balaban J connectivity index is 1.94. The Hall–Kier alpha value is -1.10. The molecule has 0 aromatic carbocycles. The molecule has 5 nitrogen and oxygen atoms in total. The molecule has 1 aliphatic heterocycles. The van der Waals surface area contributed by atoms with Crippen molar-refractivity contribution in [1.29, 1.82) is 0 Å². The number of rotatable bonds is 5. The Bertz CT molecular complexity index is 370. The lowest BCUT2D eigenvalue weighted by Gasteiger charge is -2.37. The van der Waals surface area contributed by atoms with Gasteiger partial charge in [-0.15, -0.1) is 0 Å². The van der Waals surface area contributed by atoms with Crippen LogP contribution in [0.25, 0.3) is 0 Å². The van der Waals surface area contributed by atoms with Gasteiger partial charge < -0.3 is 10.0 Å². The van der Waals surface area contributed by atoms with Crippen molar-refractivity contribution < 1.29 is 14.7 Å². The lowest BCUT2D eigenvalue weighted by Crippen LogP contribution is -2.49. The van der Waals surface area contributed by atoms with Gasteiger partial charge in [0.25, 0.3) is 0 Å². The standard InChI is InChI=1S/C16H28N2O3/c1-12-7-13(2)9-18(8-12)15(19)10-17(11-16(20)21)14-5-3-4-6-14/h12-14H,3-11H2,1-2H3,(H,20,21). The van der Waals surface area contributed by atoms with Gasteiger partial charge in [-0.25, -0.2) is 0 Å². The van der Waals surface area contributed by atoms with E-state index >= 15 is 0 Å². The fraction of sp³-hybridized carbons (Fsp3) is 0.875. The number of carbonyl (C=O) groups is 2. The summed E-state index contributed by atoms with van der Waals surface area (Å²) in [5, 5.41) is 9.09. The molecule has 2 fully saturated rings. The van der Waals surface area contributed by atoms with E-state index in [-0.39, 0.29) is 25.0 Å². The van der Waals surface area contributed by atoms with Gasteiger partial charge in [0.05, 0.1) is 13.1 Å². The first-order valence-corrected chi connectivity index (χ1v) is 8.19. The summed E-state index contributed by atoms with van der Waals surface area (Å²) >= 11 is 0. The van der Waals surface area contributed by atoms with Crippen LogP contribution in [0.1, 0.15) is 46.0 Å². The summed E-state index contributed by atoms with van der Waals surface area (Å²) in [6, 6.07) is 0.268.